The van der Waals surface area contributed by atoms with E-state index < -0.39 is 0 Å². The summed E-state index contributed by atoms with van der Waals surface area (Å²) >= 11 is 10.7. The van der Waals surface area contributed by atoms with Crippen molar-refractivity contribution in [1.82, 2.24) is 0 Å². The zero-order valence-electron chi connectivity index (χ0n) is 12.6. The molecule has 0 saturated heterocycles. The van der Waals surface area contributed by atoms with E-state index in [2.05, 4.69) is 121 Å². The van der Waals surface area contributed by atoms with Crippen molar-refractivity contribution in [2.45, 2.75) is 5.92 Å². The van der Waals surface area contributed by atoms with Crippen molar-refractivity contribution in [1.29, 1.82) is 0 Å². The van der Waals surface area contributed by atoms with Gasteiger partial charge in [0.2, 0.25) is 0 Å². The lowest BCUT2D eigenvalue weighted by molar-refractivity contribution is 1.07. The maximum absolute atomic E-state index is 3.62. The molecule has 3 heteroatoms. The molecule has 0 nitrogen and oxygen atoms in total. The van der Waals surface area contributed by atoms with E-state index >= 15 is 0 Å². The fraction of sp³-hybridized carbons (Fsp3) is 0.0476. The molecule has 0 aliphatic heterocycles. The van der Waals surface area contributed by atoms with Crippen LogP contribution >= 0.6 is 47.8 Å². The smallest absolute Gasteiger partial charge is 0.0285 e. The van der Waals surface area contributed by atoms with Crippen molar-refractivity contribution in [2.24, 2.45) is 0 Å². The number of fused-ring (bicyclic) bond motifs is 3. The highest BCUT2D eigenvalue weighted by Crippen LogP contribution is 2.47. The first-order valence-electron chi connectivity index (χ1n) is 7.65. The van der Waals surface area contributed by atoms with E-state index in [9.17, 15) is 0 Å². The molecule has 118 valence electrons. The molecule has 0 amide bonds. The quantitative estimate of drug-likeness (QED) is 0.334. The lowest BCUT2D eigenvalue weighted by Gasteiger charge is -2.09. The standard InChI is InChI=1S/C21H13Br3/c22-14-4-1-13(2-5-14)3-8-19-20-11-15(23)6-9-17(20)18-10-7-16(24)12-21(18)19/h1-12,19H. The normalized spacial score (nSPS) is 13.3. The molecule has 0 fully saturated rings. The Bertz CT molecular complexity index is 888. The minimum Gasteiger partial charge on any atom is -0.0720 e. The minimum absolute atomic E-state index is 0.272. The van der Waals surface area contributed by atoms with Gasteiger partial charge in [-0.15, -0.1) is 0 Å². The van der Waals surface area contributed by atoms with Gasteiger partial charge >= 0.3 is 0 Å². The molecule has 0 heterocycles. The van der Waals surface area contributed by atoms with Gasteiger partial charge in [-0.2, -0.15) is 0 Å². The second kappa shape index (κ2) is 6.62. The monoisotopic (exact) mass is 502 g/mol. The number of hydrogen-bond acceptors (Lipinski definition) is 0. The minimum atomic E-state index is 0.272. The molecule has 3 aromatic rings. The second-order valence-electron chi connectivity index (χ2n) is 5.85. The Morgan fingerprint density at radius 2 is 1.12 bits per heavy atom. The maximum atomic E-state index is 3.62. The van der Waals surface area contributed by atoms with Crippen LogP contribution in [0.4, 0.5) is 0 Å². The molecule has 1 aliphatic rings. The van der Waals surface area contributed by atoms with E-state index in [4.69, 9.17) is 0 Å². The Morgan fingerprint density at radius 1 is 0.625 bits per heavy atom. The molecule has 1 aliphatic carbocycles. The fourth-order valence-electron chi connectivity index (χ4n) is 3.23. The topological polar surface area (TPSA) is 0 Å². The van der Waals surface area contributed by atoms with Gasteiger partial charge in [-0.1, -0.05) is 84.2 Å². The molecule has 0 unspecified atom stereocenters. The van der Waals surface area contributed by atoms with Crippen LogP contribution < -0.4 is 0 Å². The van der Waals surface area contributed by atoms with Crippen molar-refractivity contribution in [3.8, 4) is 11.1 Å². The van der Waals surface area contributed by atoms with Gasteiger partial charge in [0.15, 0.2) is 0 Å². The number of rotatable bonds is 2. The summed E-state index contributed by atoms with van der Waals surface area (Å²) in [5.74, 6) is 0.272. The van der Waals surface area contributed by atoms with Gasteiger partial charge in [-0.25, -0.2) is 0 Å². The average molecular weight is 505 g/mol. The van der Waals surface area contributed by atoms with Gasteiger partial charge in [0.1, 0.15) is 0 Å². The summed E-state index contributed by atoms with van der Waals surface area (Å²) in [6.45, 7) is 0. The number of allylic oxidation sites excluding steroid dienone is 1. The van der Waals surface area contributed by atoms with Gasteiger partial charge in [-0.3, -0.25) is 0 Å². The van der Waals surface area contributed by atoms with Crippen LogP contribution in [-0.4, -0.2) is 0 Å². The Balaban J connectivity index is 1.81. The van der Waals surface area contributed by atoms with Crippen molar-refractivity contribution < 1.29 is 0 Å². The predicted octanol–water partition coefficient (Wildman–Crippen LogP) is 7.80. The Kier molecular flexibility index (Phi) is 4.50. The largest absolute Gasteiger partial charge is 0.0720 e. The third kappa shape index (κ3) is 3.05. The molecular formula is C21H13Br3. The van der Waals surface area contributed by atoms with E-state index in [-0.39, 0.29) is 5.92 Å². The highest BCUT2D eigenvalue weighted by Gasteiger charge is 2.27. The van der Waals surface area contributed by atoms with Crippen LogP contribution in [0.2, 0.25) is 0 Å². The molecule has 0 aromatic heterocycles. The van der Waals surface area contributed by atoms with E-state index in [1.165, 1.54) is 27.8 Å². The third-order valence-corrected chi connectivity index (χ3v) is 5.85. The third-order valence-electron chi connectivity index (χ3n) is 4.34. The lowest BCUT2D eigenvalue weighted by atomic mass is 9.96. The second-order valence-corrected chi connectivity index (χ2v) is 8.60. The highest BCUT2D eigenvalue weighted by molar-refractivity contribution is 9.11. The van der Waals surface area contributed by atoms with Crippen LogP contribution in [0.5, 0.6) is 0 Å². The Morgan fingerprint density at radius 3 is 1.67 bits per heavy atom. The molecule has 3 aromatic carbocycles. The summed E-state index contributed by atoms with van der Waals surface area (Å²) in [5.41, 5.74) is 6.56. The van der Waals surface area contributed by atoms with Crippen molar-refractivity contribution in [2.75, 3.05) is 0 Å². The molecule has 0 spiro atoms. The molecule has 4 rings (SSSR count). The van der Waals surface area contributed by atoms with Gasteiger partial charge in [0.25, 0.3) is 0 Å². The van der Waals surface area contributed by atoms with Crippen LogP contribution in [-0.2, 0) is 0 Å². The average Bonchev–Trinajstić information content (AvgIpc) is 2.86. The summed E-state index contributed by atoms with van der Waals surface area (Å²) in [4.78, 5) is 0. The van der Waals surface area contributed by atoms with Crippen molar-refractivity contribution in [3.63, 3.8) is 0 Å². The molecule has 0 N–H and O–H groups in total. The summed E-state index contributed by atoms with van der Waals surface area (Å²) in [5, 5.41) is 0. The highest BCUT2D eigenvalue weighted by atomic mass is 79.9. The van der Waals surface area contributed by atoms with E-state index in [1.807, 2.05) is 0 Å². The Labute approximate surface area is 167 Å². The van der Waals surface area contributed by atoms with Crippen molar-refractivity contribution >= 4 is 53.9 Å². The van der Waals surface area contributed by atoms with E-state index in [1.54, 1.807) is 0 Å². The van der Waals surface area contributed by atoms with Crippen LogP contribution in [0.15, 0.2) is 80.2 Å². The van der Waals surface area contributed by atoms with E-state index in [0.717, 1.165) is 13.4 Å². The van der Waals surface area contributed by atoms with Gasteiger partial charge in [0.05, 0.1) is 0 Å². The van der Waals surface area contributed by atoms with Gasteiger partial charge < -0.3 is 0 Å². The summed E-state index contributed by atoms with van der Waals surface area (Å²) in [7, 11) is 0. The van der Waals surface area contributed by atoms with E-state index in [0.29, 0.717) is 0 Å². The predicted molar refractivity (Wildman–Crippen MR) is 112 cm³/mol. The Hall–Kier alpha value is -1.16. The molecule has 24 heavy (non-hydrogen) atoms. The lowest BCUT2D eigenvalue weighted by Crippen LogP contribution is -1.92. The van der Waals surface area contributed by atoms with Crippen LogP contribution in [0.25, 0.3) is 17.2 Å². The number of hydrogen-bond donors (Lipinski definition) is 0. The van der Waals surface area contributed by atoms with Crippen LogP contribution in [0, 0.1) is 0 Å². The van der Waals surface area contributed by atoms with Crippen molar-refractivity contribution in [3.05, 3.63) is 96.8 Å². The molecular weight excluding hydrogens is 492 g/mol. The van der Waals surface area contributed by atoms with Gasteiger partial charge in [0, 0.05) is 19.3 Å². The summed E-state index contributed by atoms with van der Waals surface area (Å²) in [6.07, 6.45) is 4.50. The molecule has 0 atom stereocenters. The number of halogens is 3. The van der Waals surface area contributed by atoms with Crippen LogP contribution in [0.3, 0.4) is 0 Å². The first-order valence-corrected chi connectivity index (χ1v) is 10.0. The zero-order valence-corrected chi connectivity index (χ0v) is 17.4. The first kappa shape index (κ1) is 16.3. The molecule has 0 saturated carbocycles. The number of benzene rings is 3. The first-order chi connectivity index (χ1) is 11.6. The SMILES string of the molecule is Brc1ccc(C=CC2c3cc(Br)ccc3-c3ccc(Br)cc32)cc1. The maximum Gasteiger partial charge on any atom is 0.0285 e. The fourth-order valence-corrected chi connectivity index (χ4v) is 4.25. The van der Waals surface area contributed by atoms with Crippen LogP contribution in [0.1, 0.15) is 22.6 Å². The van der Waals surface area contributed by atoms with Gasteiger partial charge in [-0.05, 0) is 64.2 Å². The molecule has 0 radical (unpaired) electrons. The zero-order chi connectivity index (χ0) is 16.7. The summed E-state index contributed by atoms with van der Waals surface area (Å²) in [6, 6.07) is 21.5. The molecule has 0 bridgehead atoms. The summed E-state index contributed by atoms with van der Waals surface area (Å²) < 4.78 is 3.34.